The van der Waals surface area contributed by atoms with E-state index in [-0.39, 0.29) is 0 Å². The number of aromatic nitrogens is 1. The highest BCUT2D eigenvalue weighted by atomic mass is 16.5. The third-order valence-electron chi connectivity index (χ3n) is 2.87. The van der Waals surface area contributed by atoms with E-state index in [1.807, 2.05) is 37.3 Å². The molecule has 0 aliphatic heterocycles. The molecule has 0 bridgehead atoms. The minimum absolute atomic E-state index is 0.299. The van der Waals surface area contributed by atoms with Crippen LogP contribution in [0.1, 0.15) is 12.5 Å². The van der Waals surface area contributed by atoms with Gasteiger partial charge >= 0.3 is 0 Å². The number of nitrogens with zero attached hydrogens (tertiary/aromatic N) is 1. The van der Waals surface area contributed by atoms with Crippen LogP contribution >= 0.6 is 0 Å². The number of phenolic OH excluding ortho intramolecular Hbond substituents is 1. The van der Waals surface area contributed by atoms with Gasteiger partial charge in [-0.05, 0) is 30.8 Å². The van der Waals surface area contributed by atoms with Crippen molar-refractivity contribution in [2.75, 3.05) is 13.7 Å². The molecule has 0 radical (unpaired) electrons. The van der Waals surface area contributed by atoms with E-state index in [0.717, 1.165) is 23.4 Å². The number of pyridine rings is 1. The fourth-order valence-corrected chi connectivity index (χ4v) is 1.84. The zero-order valence-corrected chi connectivity index (χ0v) is 11.2. The molecule has 19 heavy (non-hydrogen) atoms. The van der Waals surface area contributed by atoms with Crippen LogP contribution < -0.4 is 10.1 Å². The van der Waals surface area contributed by atoms with Crippen LogP contribution in [-0.2, 0) is 6.54 Å². The maximum absolute atomic E-state index is 9.82. The molecule has 0 saturated heterocycles. The van der Waals surface area contributed by atoms with Crippen molar-refractivity contribution in [2.45, 2.75) is 13.5 Å². The zero-order chi connectivity index (χ0) is 13.7. The first-order chi connectivity index (χ1) is 9.24. The molecule has 0 spiro atoms. The van der Waals surface area contributed by atoms with Gasteiger partial charge in [0.25, 0.3) is 0 Å². The monoisotopic (exact) mass is 258 g/mol. The van der Waals surface area contributed by atoms with E-state index in [2.05, 4.69) is 10.3 Å². The summed E-state index contributed by atoms with van der Waals surface area (Å²) >= 11 is 0. The fourth-order valence-electron chi connectivity index (χ4n) is 1.84. The highest BCUT2D eigenvalue weighted by molar-refractivity contribution is 5.62. The van der Waals surface area contributed by atoms with Gasteiger partial charge in [0.05, 0.1) is 12.8 Å². The van der Waals surface area contributed by atoms with Gasteiger partial charge in [0.15, 0.2) is 0 Å². The maximum atomic E-state index is 9.82. The summed E-state index contributed by atoms with van der Waals surface area (Å²) in [5.41, 5.74) is 2.66. The van der Waals surface area contributed by atoms with Crippen molar-refractivity contribution in [3.05, 3.63) is 42.0 Å². The summed E-state index contributed by atoms with van der Waals surface area (Å²) < 4.78 is 5.12. The van der Waals surface area contributed by atoms with Gasteiger partial charge < -0.3 is 15.2 Å². The lowest BCUT2D eigenvalue weighted by molar-refractivity contribution is 0.398. The van der Waals surface area contributed by atoms with Gasteiger partial charge in [-0.3, -0.25) is 0 Å². The van der Waals surface area contributed by atoms with Crippen LogP contribution in [0.3, 0.4) is 0 Å². The Kier molecular flexibility index (Phi) is 4.36. The molecule has 2 N–H and O–H groups in total. The summed E-state index contributed by atoms with van der Waals surface area (Å²) in [5.74, 6) is 0.881. The molecule has 0 aliphatic rings. The SMILES string of the molecule is CCNCc1cc(-c2cccc(OC)n2)ccc1O. The van der Waals surface area contributed by atoms with E-state index in [1.165, 1.54) is 0 Å². The summed E-state index contributed by atoms with van der Waals surface area (Å²) in [4.78, 5) is 4.39. The second-order valence-electron chi connectivity index (χ2n) is 4.19. The third kappa shape index (κ3) is 3.23. The third-order valence-corrected chi connectivity index (χ3v) is 2.87. The number of phenols is 1. The van der Waals surface area contributed by atoms with Crippen molar-refractivity contribution in [1.82, 2.24) is 10.3 Å². The highest BCUT2D eigenvalue weighted by Gasteiger charge is 2.06. The maximum Gasteiger partial charge on any atom is 0.213 e. The largest absolute Gasteiger partial charge is 0.508 e. The molecular weight excluding hydrogens is 240 g/mol. The summed E-state index contributed by atoms with van der Waals surface area (Å²) in [5, 5.41) is 13.0. The van der Waals surface area contributed by atoms with Gasteiger partial charge in [-0.25, -0.2) is 4.98 Å². The number of ether oxygens (including phenoxy) is 1. The predicted molar refractivity (Wildman–Crippen MR) is 75.3 cm³/mol. The van der Waals surface area contributed by atoms with Gasteiger partial charge in [0, 0.05) is 23.7 Å². The molecule has 2 aromatic rings. The van der Waals surface area contributed by atoms with Crippen molar-refractivity contribution in [2.24, 2.45) is 0 Å². The highest BCUT2D eigenvalue weighted by Crippen LogP contribution is 2.25. The van der Waals surface area contributed by atoms with E-state index in [1.54, 1.807) is 13.2 Å². The van der Waals surface area contributed by atoms with Gasteiger partial charge in [0.1, 0.15) is 5.75 Å². The molecule has 0 atom stereocenters. The topological polar surface area (TPSA) is 54.4 Å². The first kappa shape index (κ1) is 13.4. The van der Waals surface area contributed by atoms with E-state index in [4.69, 9.17) is 4.74 Å². The van der Waals surface area contributed by atoms with Crippen LogP contribution in [0, 0.1) is 0 Å². The number of methoxy groups -OCH3 is 1. The minimum atomic E-state index is 0.299. The molecule has 0 amide bonds. The summed E-state index contributed by atoms with van der Waals surface area (Å²) in [6, 6.07) is 11.1. The normalized spacial score (nSPS) is 10.4. The smallest absolute Gasteiger partial charge is 0.213 e. The molecule has 4 nitrogen and oxygen atoms in total. The Morgan fingerprint density at radius 1 is 1.26 bits per heavy atom. The number of hydrogen-bond donors (Lipinski definition) is 2. The summed E-state index contributed by atoms with van der Waals surface area (Å²) in [6.07, 6.45) is 0. The fraction of sp³-hybridized carbons (Fsp3) is 0.267. The Morgan fingerprint density at radius 3 is 2.84 bits per heavy atom. The number of rotatable bonds is 5. The van der Waals surface area contributed by atoms with Crippen LogP contribution in [0.25, 0.3) is 11.3 Å². The van der Waals surface area contributed by atoms with Crippen LogP contribution in [0.4, 0.5) is 0 Å². The standard InChI is InChI=1S/C15H18N2O2/c1-3-16-10-12-9-11(7-8-14(12)18)13-5-4-6-15(17-13)19-2/h4-9,16,18H,3,10H2,1-2H3. The van der Waals surface area contributed by atoms with Crippen LogP contribution in [-0.4, -0.2) is 23.7 Å². The van der Waals surface area contributed by atoms with Gasteiger partial charge in [0.2, 0.25) is 5.88 Å². The van der Waals surface area contributed by atoms with E-state index >= 15 is 0 Å². The predicted octanol–water partition coefficient (Wildman–Crippen LogP) is 2.57. The van der Waals surface area contributed by atoms with Gasteiger partial charge in [-0.1, -0.05) is 13.0 Å². The number of nitrogens with one attached hydrogen (secondary N) is 1. The Labute approximate surface area is 113 Å². The van der Waals surface area contributed by atoms with E-state index in [9.17, 15) is 5.11 Å². The molecule has 0 aliphatic carbocycles. The Balaban J connectivity index is 2.33. The van der Waals surface area contributed by atoms with Crippen LogP contribution in [0.5, 0.6) is 11.6 Å². The van der Waals surface area contributed by atoms with Crippen LogP contribution in [0.2, 0.25) is 0 Å². The Bertz CT molecular complexity index is 556. The molecule has 2 rings (SSSR count). The molecule has 1 aromatic heterocycles. The molecule has 1 aromatic carbocycles. The Morgan fingerprint density at radius 2 is 2.11 bits per heavy atom. The Hall–Kier alpha value is -2.07. The molecular formula is C15H18N2O2. The average Bonchev–Trinajstić information content (AvgIpc) is 2.46. The summed E-state index contributed by atoms with van der Waals surface area (Å²) in [6.45, 7) is 3.53. The minimum Gasteiger partial charge on any atom is -0.508 e. The van der Waals surface area contributed by atoms with Crippen molar-refractivity contribution >= 4 is 0 Å². The lowest BCUT2D eigenvalue weighted by atomic mass is 10.1. The number of aromatic hydroxyl groups is 1. The van der Waals surface area contributed by atoms with Gasteiger partial charge in [-0.15, -0.1) is 0 Å². The lowest BCUT2D eigenvalue weighted by Gasteiger charge is -2.09. The van der Waals surface area contributed by atoms with Crippen molar-refractivity contribution in [1.29, 1.82) is 0 Å². The second kappa shape index (κ2) is 6.20. The number of hydrogen-bond acceptors (Lipinski definition) is 4. The molecule has 0 fully saturated rings. The second-order valence-corrected chi connectivity index (χ2v) is 4.19. The zero-order valence-electron chi connectivity index (χ0n) is 11.2. The first-order valence-electron chi connectivity index (χ1n) is 6.28. The van der Waals surface area contributed by atoms with Gasteiger partial charge in [-0.2, -0.15) is 0 Å². The molecule has 0 unspecified atom stereocenters. The van der Waals surface area contributed by atoms with E-state index in [0.29, 0.717) is 18.2 Å². The first-order valence-corrected chi connectivity index (χ1v) is 6.28. The molecule has 1 heterocycles. The van der Waals surface area contributed by atoms with Crippen LogP contribution in [0.15, 0.2) is 36.4 Å². The quantitative estimate of drug-likeness (QED) is 0.865. The molecule has 4 heteroatoms. The van der Waals surface area contributed by atoms with Crippen molar-refractivity contribution in [3.63, 3.8) is 0 Å². The molecule has 100 valence electrons. The molecule has 0 saturated carbocycles. The average molecular weight is 258 g/mol. The van der Waals surface area contributed by atoms with Crippen molar-refractivity contribution < 1.29 is 9.84 Å². The van der Waals surface area contributed by atoms with Crippen molar-refractivity contribution in [3.8, 4) is 22.9 Å². The number of benzene rings is 1. The summed E-state index contributed by atoms with van der Waals surface area (Å²) in [7, 11) is 1.60. The van der Waals surface area contributed by atoms with E-state index < -0.39 is 0 Å². The lowest BCUT2D eigenvalue weighted by Crippen LogP contribution is -2.11.